The minimum Gasteiger partial charge on any atom is -0.481 e. The fourth-order valence-electron chi connectivity index (χ4n) is 2.58. The highest BCUT2D eigenvalue weighted by molar-refractivity contribution is 9.10. The molecule has 0 amide bonds. The lowest BCUT2D eigenvalue weighted by atomic mass is 10.0. The van der Waals surface area contributed by atoms with Crippen molar-refractivity contribution in [2.75, 3.05) is 13.1 Å². The maximum Gasteiger partial charge on any atom is 0.303 e. The Labute approximate surface area is 120 Å². The molecule has 104 valence electrons. The molecular weight excluding hydrogens is 313 g/mol. The van der Waals surface area contributed by atoms with Crippen molar-refractivity contribution in [2.24, 2.45) is 5.92 Å². The molecule has 1 saturated heterocycles. The van der Waals surface area contributed by atoms with Crippen LogP contribution in [0.3, 0.4) is 0 Å². The number of hydrogen-bond donors (Lipinski definition) is 1. The van der Waals surface area contributed by atoms with Crippen LogP contribution in [0.2, 0.25) is 0 Å². The first-order chi connectivity index (χ1) is 9.02. The molecule has 0 aliphatic carbocycles. The van der Waals surface area contributed by atoms with E-state index in [1.54, 1.807) is 6.07 Å². The van der Waals surface area contributed by atoms with E-state index in [9.17, 15) is 9.18 Å². The van der Waals surface area contributed by atoms with Gasteiger partial charge in [0.1, 0.15) is 5.82 Å². The van der Waals surface area contributed by atoms with Crippen molar-refractivity contribution in [2.45, 2.75) is 25.8 Å². The summed E-state index contributed by atoms with van der Waals surface area (Å²) in [7, 11) is 0. The van der Waals surface area contributed by atoms with E-state index in [0.29, 0.717) is 5.92 Å². The van der Waals surface area contributed by atoms with Gasteiger partial charge in [0.2, 0.25) is 0 Å². The van der Waals surface area contributed by atoms with Crippen LogP contribution in [-0.2, 0) is 11.3 Å². The maximum absolute atomic E-state index is 13.3. The number of rotatable bonds is 5. The van der Waals surface area contributed by atoms with Gasteiger partial charge in [-0.2, -0.15) is 0 Å². The predicted molar refractivity (Wildman–Crippen MR) is 74.4 cm³/mol. The minimum atomic E-state index is -0.729. The summed E-state index contributed by atoms with van der Waals surface area (Å²) in [4.78, 5) is 12.8. The van der Waals surface area contributed by atoms with Crippen LogP contribution in [0.5, 0.6) is 0 Å². The van der Waals surface area contributed by atoms with E-state index in [1.807, 2.05) is 6.07 Å². The summed E-state index contributed by atoms with van der Waals surface area (Å²) in [6.07, 6.45) is 2.01. The molecule has 1 N–H and O–H groups in total. The SMILES string of the molecule is O=C(O)CCC1CCN(Cc2cc(F)cc(Br)c2)C1. The Kier molecular flexibility index (Phi) is 4.93. The Morgan fingerprint density at radius 3 is 2.95 bits per heavy atom. The highest BCUT2D eigenvalue weighted by Gasteiger charge is 2.23. The van der Waals surface area contributed by atoms with Crippen molar-refractivity contribution in [3.63, 3.8) is 0 Å². The summed E-state index contributed by atoms with van der Waals surface area (Å²) in [6, 6.07) is 4.92. The third-order valence-corrected chi connectivity index (χ3v) is 3.92. The second kappa shape index (κ2) is 6.48. The van der Waals surface area contributed by atoms with E-state index in [0.717, 1.165) is 42.5 Å². The Bertz CT molecular complexity index is 447. The quantitative estimate of drug-likeness (QED) is 0.901. The van der Waals surface area contributed by atoms with Gasteiger partial charge < -0.3 is 5.11 Å². The lowest BCUT2D eigenvalue weighted by molar-refractivity contribution is -0.137. The lowest BCUT2D eigenvalue weighted by Gasteiger charge is -2.16. The summed E-state index contributed by atoms with van der Waals surface area (Å²) >= 11 is 3.29. The van der Waals surface area contributed by atoms with Crippen LogP contribution < -0.4 is 0 Å². The van der Waals surface area contributed by atoms with Crippen molar-refractivity contribution in [3.8, 4) is 0 Å². The standard InChI is InChI=1S/C14H17BrFNO2/c15-12-5-11(6-13(16)7-12)9-17-4-3-10(8-17)1-2-14(18)19/h5-7,10H,1-4,8-9H2,(H,18,19). The Hall–Kier alpha value is -0.940. The zero-order valence-electron chi connectivity index (χ0n) is 10.6. The third kappa shape index (κ3) is 4.58. The average molecular weight is 330 g/mol. The van der Waals surface area contributed by atoms with Crippen molar-refractivity contribution in [1.29, 1.82) is 0 Å². The number of hydrogen-bond acceptors (Lipinski definition) is 2. The maximum atomic E-state index is 13.3. The van der Waals surface area contributed by atoms with Crippen LogP contribution in [0.25, 0.3) is 0 Å². The van der Waals surface area contributed by atoms with Gasteiger partial charge in [0, 0.05) is 24.0 Å². The molecule has 1 atom stereocenters. The number of aliphatic carboxylic acids is 1. The van der Waals surface area contributed by atoms with Crippen molar-refractivity contribution >= 4 is 21.9 Å². The number of halogens is 2. The van der Waals surface area contributed by atoms with Crippen molar-refractivity contribution in [1.82, 2.24) is 4.90 Å². The van der Waals surface area contributed by atoms with Crippen LogP contribution in [0.4, 0.5) is 4.39 Å². The van der Waals surface area contributed by atoms with E-state index in [-0.39, 0.29) is 12.2 Å². The summed E-state index contributed by atoms with van der Waals surface area (Å²) in [5, 5.41) is 8.68. The van der Waals surface area contributed by atoms with Crippen molar-refractivity contribution in [3.05, 3.63) is 34.1 Å². The van der Waals surface area contributed by atoms with Crippen LogP contribution in [-0.4, -0.2) is 29.1 Å². The molecule has 19 heavy (non-hydrogen) atoms. The number of carboxylic acids is 1. The fourth-order valence-corrected chi connectivity index (χ4v) is 3.09. The van der Waals surface area contributed by atoms with Gasteiger partial charge in [-0.3, -0.25) is 9.69 Å². The monoisotopic (exact) mass is 329 g/mol. The fraction of sp³-hybridized carbons (Fsp3) is 0.500. The number of carboxylic acid groups (broad SMARTS) is 1. The van der Waals surface area contributed by atoms with Crippen LogP contribution in [0.15, 0.2) is 22.7 Å². The zero-order chi connectivity index (χ0) is 13.8. The number of nitrogens with zero attached hydrogens (tertiary/aromatic N) is 1. The number of benzene rings is 1. The molecule has 1 fully saturated rings. The molecule has 0 saturated carbocycles. The van der Waals surface area contributed by atoms with Gasteiger partial charge in [-0.25, -0.2) is 4.39 Å². The molecule has 2 rings (SSSR count). The zero-order valence-corrected chi connectivity index (χ0v) is 12.2. The summed E-state index contributed by atoms with van der Waals surface area (Å²) in [6.45, 7) is 2.58. The van der Waals surface area contributed by atoms with Crippen LogP contribution in [0.1, 0.15) is 24.8 Å². The first-order valence-corrected chi connectivity index (χ1v) is 7.21. The van der Waals surface area contributed by atoms with Gasteiger partial charge >= 0.3 is 5.97 Å². The summed E-state index contributed by atoms with van der Waals surface area (Å²) in [5.41, 5.74) is 0.950. The second-order valence-electron chi connectivity index (χ2n) is 5.10. The molecule has 1 heterocycles. The Balaban J connectivity index is 1.86. The van der Waals surface area contributed by atoms with Crippen molar-refractivity contribution < 1.29 is 14.3 Å². The normalized spacial score (nSPS) is 19.8. The molecule has 0 spiro atoms. The second-order valence-corrected chi connectivity index (χ2v) is 6.02. The van der Waals surface area contributed by atoms with Gasteiger partial charge in [0.25, 0.3) is 0 Å². The molecule has 1 aromatic carbocycles. The summed E-state index contributed by atoms with van der Waals surface area (Å²) in [5.74, 6) is -0.508. The Morgan fingerprint density at radius 1 is 1.47 bits per heavy atom. The number of carbonyl (C=O) groups is 1. The molecular formula is C14H17BrFNO2. The van der Waals surface area contributed by atoms with Crippen LogP contribution in [0, 0.1) is 11.7 Å². The first kappa shape index (κ1) is 14.5. The van der Waals surface area contributed by atoms with Gasteiger partial charge in [-0.05, 0) is 49.1 Å². The minimum absolute atomic E-state index is 0.231. The molecule has 1 aromatic rings. The highest BCUT2D eigenvalue weighted by Crippen LogP contribution is 2.24. The molecule has 5 heteroatoms. The molecule has 0 radical (unpaired) electrons. The Morgan fingerprint density at radius 2 is 2.26 bits per heavy atom. The highest BCUT2D eigenvalue weighted by atomic mass is 79.9. The molecule has 1 aliphatic heterocycles. The number of likely N-dealkylation sites (tertiary alicyclic amines) is 1. The topological polar surface area (TPSA) is 40.5 Å². The molecule has 3 nitrogen and oxygen atoms in total. The molecule has 0 aromatic heterocycles. The van der Waals surface area contributed by atoms with Gasteiger partial charge in [-0.15, -0.1) is 0 Å². The van der Waals surface area contributed by atoms with Gasteiger partial charge in [0.15, 0.2) is 0 Å². The molecule has 1 aliphatic rings. The summed E-state index contributed by atoms with van der Waals surface area (Å²) < 4.78 is 14.0. The molecule has 0 bridgehead atoms. The average Bonchev–Trinajstić information content (AvgIpc) is 2.72. The van der Waals surface area contributed by atoms with Crippen LogP contribution >= 0.6 is 15.9 Å². The largest absolute Gasteiger partial charge is 0.481 e. The van der Waals surface area contributed by atoms with E-state index < -0.39 is 5.97 Å². The first-order valence-electron chi connectivity index (χ1n) is 6.42. The van der Waals surface area contributed by atoms with Gasteiger partial charge in [0.05, 0.1) is 0 Å². The lowest BCUT2D eigenvalue weighted by Crippen LogP contribution is -2.20. The van der Waals surface area contributed by atoms with E-state index >= 15 is 0 Å². The third-order valence-electron chi connectivity index (χ3n) is 3.46. The molecule has 1 unspecified atom stereocenters. The predicted octanol–water partition coefficient (Wildman–Crippen LogP) is 3.27. The van der Waals surface area contributed by atoms with Gasteiger partial charge in [-0.1, -0.05) is 15.9 Å². The van der Waals surface area contributed by atoms with E-state index in [4.69, 9.17) is 5.11 Å². The smallest absolute Gasteiger partial charge is 0.303 e. The van der Waals surface area contributed by atoms with E-state index in [2.05, 4.69) is 20.8 Å². The van der Waals surface area contributed by atoms with E-state index in [1.165, 1.54) is 6.07 Å².